The minimum atomic E-state index is -4.32. The molecule has 1 aliphatic heterocycles. The summed E-state index contributed by atoms with van der Waals surface area (Å²) >= 11 is 0. The third-order valence-corrected chi connectivity index (χ3v) is 4.22. The molecule has 2 N–H and O–H groups in total. The van der Waals surface area contributed by atoms with E-state index in [4.69, 9.17) is 0 Å². The Balaban J connectivity index is 2.32. The molecule has 0 aliphatic carbocycles. The third-order valence-electron chi connectivity index (χ3n) is 4.22. The van der Waals surface area contributed by atoms with Crippen LogP contribution in [0.15, 0.2) is 24.3 Å². The number of aliphatic hydroxyl groups is 1. The second-order valence-corrected chi connectivity index (χ2v) is 6.45. The van der Waals surface area contributed by atoms with Crippen LogP contribution in [0.4, 0.5) is 13.2 Å². The van der Waals surface area contributed by atoms with Gasteiger partial charge in [0.05, 0.1) is 5.56 Å². The first-order chi connectivity index (χ1) is 10.3. The Bertz CT molecular complexity index is 479. The molecule has 1 atom stereocenters. The summed E-state index contributed by atoms with van der Waals surface area (Å²) in [4.78, 5) is 2.23. The van der Waals surface area contributed by atoms with Gasteiger partial charge in [-0.1, -0.05) is 26.0 Å². The van der Waals surface area contributed by atoms with Gasteiger partial charge in [0.2, 0.25) is 0 Å². The zero-order valence-corrected chi connectivity index (χ0v) is 13.0. The maximum Gasteiger partial charge on any atom is 0.416 e. The second-order valence-electron chi connectivity index (χ2n) is 6.45. The topological polar surface area (TPSA) is 35.5 Å². The molecule has 1 aliphatic rings. The summed E-state index contributed by atoms with van der Waals surface area (Å²) in [5.74, 6) is 0. The molecule has 1 fully saturated rings. The highest BCUT2D eigenvalue weighted by Gasteiger charge is 2.36. The van der Waals surface area contributed by atoms with Crippen molar-refractivity contribution in [2.75, 3.05) is 32.8 Å². The molecule has 0 spiro atoms. The molecule has 0 bridgehead atoms. The molecule has 1 aromatic rings. The van der Waals surface area contributed by atoms with E-state index in [0.29, 0.717) is 0 Å². The average Bonchev–Trinajstić information content (AvgIpc) is 2.48. The maximum atomic E-state index is 12.7. The van der Waals surface area contributed by atoms with E-state index in [1.165, 1.54) is 12.1 Å². The molecule has 2 rings (SSSR count). The molecule has 6 heteroatoms. The van der Waals surface area contributed by atoms with Crippen LogP contribution in [0.5, 0.6) is 0 Å². The van der Waals surface area contributed by atoms with Crippen LogP contribution in [0, 0.1) is 5.41 Å². The average molecular weight is 316 g/mol. The summed E-state index contributed by atoms with van der Waals surface area (Å²) in [6.45, 7) is 7.18. The van der Waals surface area contributed by atoms with Gasteiger partial charge < -0.3 is 10.4 Å². The second kappa shape index (κ2) is 6.56. The van der Waals surface area contributed by atoms with Gasteiger partial charge in [-0.25, -0.2) is 0 Å². The zero-order valence-electron chi connectivity index (χ0n) is 13.0. The quantitative estimate of drug-likeness (QED) is 0.896. The van der Waals surface area contributed by atoms with Crippen LogP contribution in [-0.4, -0.2) is 42.8 Å². The van der Waals surface area contributed by atoms with Gasteiger partial charge in [0, 0.05) is 44.2 Å². The van der Waals surface area contributed by atoms with E-state index in [-0.39, 0.29) is 12.6 Å². The molecule has 0 amide bonds. The largest absolute Gasteiger partial charge is 0.416 e. The SMILES string of the molecule is CC(C)(CO)[C@@H](c1ccc(C(F)(F)F)cc1)N1CCNCC1. The highest BCUT2D eigenvalue weighted by atomic mass is 19.4. The van der Waals surface area contributed by atoms with Crippen molar-refractivity contribution in [3.05, 3.63) is 35.4 Å². The van der Waals surface area contributed by atoms with Crippen molar-refractivity contribution in [1.82, 2.24) is 10.2 Å². The molecule has 0 saturated carbocycles. The Labute approximate surface area is 129 Å². The number of hydrogen-bond donors (Lipinski definition) is 2. The third kappa shape index (κ3) is 3.80. The molecule has 124 valence electrons. The number of halogens is 3. The van der Waals surface area contributed by atoms with Crippen LogP contribution in [0.25, 0.3) is 0 Å². The van der Waals surface area contributed by atoms with Gasteiger partial charge in [-0.2, -0.15) is 13.2 Å². The van der Waals surface area contributed by atoms with E-state index in [9.17, 15) is 18.3 Å². The summed E-state index contributed by atoms with van der Waals surface area (Å²) in [7, 11) is 0. The minimum absolute atomic E-state index is 0.0252. The summed E-state index contributed by atoms with van der Waals surface area (Å²) in [5.41, 5.74) is -0.261. The van der Waals surface area contributed by atoms with E-state index >= 15 is 0 Å². The number of rotatable bonds is 4. The smallest absolute Gasteiger partial charge is 0.396 e. The zero-order chi connectivity index (χ0) is 16.4. The minimum Gasteiger partial charge on any atom is -0.396 e. The van der Waals surface area contributed by atoms with Gasteiger partial charge in [0.15, 0.2) is 0 Å². The van der Waals surface area contributed by atoms with Crippen molar-refractivity contribution in [1.29, 1.82) is 0 Å². The van der Waals surface area contributed by atoms with E-state index in [2.05, 4.69) is 10.2 Å². The van der Waals surface area contributed by atoms with Crippen molar-refractivity contribution >= 4 is 0 Å². The first-order valence-electron chi connectivity index (χ1n) is 7.48. The van der Waals surface area contributed by atoms with Gasteiger partial charge >= 0.3 is 6.18 Å². The van der Waals surface area contributed by atoms with Crippen molar-refractivity contribution in [3.63, 3.8) is 0 Å². The molecule has 3 nitrogen and oxygen atoms in total. The number of hydrogen-bond acceptors (Lipinski definition) is 3. The van der Waals surface area contributed by atoms with Crippen molar-refractivity contribution in [2.45, 2.75) is 26.1 Å². The monoisotopic (exact) mass is 316 g/mol. The molecular weight excluding hydrogens is 293 g/mol. The number of alkyl halides is 3. The highest BCUT2D eigenvalue weighted by Crippen LogP contribution is 2.39. The van der Waals surface area contributed by atoms with Crippen LogP contribution < -0.4 is 5.32 Å². The Morgan fingerprint density at radius 2 is 1.68 bits per heavy atom. The predicted octanol–water partition coefficient (Wildman–Crippen LogP) is 2.67. The van der Waals surface area contributed by atoms with Crippen molar-refractivity contribution < 1.29 is 18.3 Å². The van der Waals surface area contributed by atoms with E-state index < -0.39 is 17.2 Å². The standard InChI is InChI=1S/C16H23F3N2O/c1-15(2,11-22)14(21-9-7-20-8-10-21)12-3-5-13(6-4-12)16(17,18)19/h3-6,14,20,22H,7-11H2,1-2H3/t14-/m1/s1. The first-order valence-corrected chi connectivity index (χ1v) is 7.48. The fourth-order valence-electron chi connectivity index (χ4n) is 3.04. The predicted molar refractivity (Wildman–Crippen MR) is 79.5 cm³/mol. The lowest BCUT2D eigenvalue weighted by Gasteiger charge is -2.43. The lowest BCUT2D eigenvalue weighted by Crippen LogP contribution is -2.49. The van der Waals surface area contributed by atoms with Crippen molar-refractivity contribution in [3.8, 4) is 0 Å². The maximum absolute atomic E-state index is 12.7. The van der Waals surface area contributed by atoms with Gasteiger partial charge in [-0.3, -0.25) is 4.90 Å². The van der Waals surface area contributed by atoms with Crippen LogP contribution in [-0.2, 0) is 6.18 Å². The number of aliphatic hydroxyl groups excluding tert-OH is 1. The summed E-state index contributed by atoms with van der Waals surface area (Å²) < 4.78 is 38.2. The number of piperazine rings is 1. The lowest BCUT2D eigenvalue weighted by molar-refractivity contribution is -0.137. The summed E-state index contributed by atoms with van der Waals surface area (Å²) in [5, 5.41) is 13.0. The normalized spacial score (nSPS) is 19.2. The molecular formula is C16H23F3N2O. The Hall–Kier alpha value is -1.11. The Kier molecular flexibility index (Phi) is 5.14. The number of nitrogens with one attached hydrogen (secondary N) is 1. The van der Waals surface area contributed by atoms with E-state index in [1.54, 1.807) is 0 Å². The van der Waals surface area contributed by atoms with Crippen LogP contribution in [0.2, 0.25) is 0 Å². The number of benzene rings is 1. The molecule has 1 aromatic carbocycles. The summed E-state index contributed by atoms with van der Waals surface area (Å²) in [6, 6.07) is 5.21. The molecule has 22 heavy (non-hydrogen) atoms. The van der Waals surface area contributed by atoms with Gasteiger partial charge in [-0.15, -0.1) is 0 Å². The lowest BCUT2D eigenvalue weighted by atomic mass is 9.79. The molecule has 0 radical (unpaired) electrons. The van der Waals surface area contributed by atoms with Crippen LogP contribution in [0.1, 0.15) is 31.0 Å². The highest BCUT2D eigenvalue weighted by molar-refractivity contribution is 5.28. The van der Waals surface area contributed by atoms with Crippen LogP contribution in [0.3, 0.4) is 0 Å². The molecule has 0 unspecified atom stereocenters. The Morgan fingerprint density at radius 1 is 1.14 bits per heavy atom. The van der Waals surface area contributed by atoms with E-state index in [0.717, 1.165) is 43.9 Å². The fraction of sp³-hybridized carbons (Fsp3) is 0.625. The van der Waals surface area contributed by atoms with Gasteiger partial charge in [0.25, 0.3) is 0 Å². The van der Waals surface area contributed by atoms with Crippen LogP contribution >= 0.6 is 0 Å². The number of nitrogens with zero attached hydrogens (tertiary/aromatic N) is 1. The van der Waals surface area contributed by atoms with E-state index in [1.807, 2.05) is 13.8 Å². The molecule has 0 aromatic heterocycles. The first kappa shape index (κ1) is 17.2. The summed E-state index contributed by atoms with van der Waals surface area (Å²) in [6.07, 6.45) is -4.32. The van der Waals surface area contributed by atoms with Crippen molar-refractivity contribution in [2.24, 2.45) is 5.41 Å². The van der Waals surface area contributed by atoms with Gasteiger partial charge in [-0.05, 0) is 17.7 Å². The molecule has 1 heterocycles. The Morgan fingerprint density at radius 3 is 2.14 bits per heavy atom. The molecule has 1 saturated heterocycles. The van der Waals surface area contributed by atoms with Gasteiger partial charge in [0.1, 0.15) is 0 Å². The fourth-order valence-corrected chi connectivity index (χ4v) is 3.04.